The Bertz CT molecular complexity index is 1640. The van der Waals surface area contributed by atoms with Crippen molar-refractivity contribution in [2.75, 3.05) is 39.6 Å². The number of alkyl carbamates (subject to hydrolysis) is 1. The molecule has 2 amide bonds. The number of amides is 2. The summed E-state index contributed by atoms with van der Waals surface area (Å²) in [6.45, 7) is 0.587. The molecule has 2 heterocycles. The van der Waals surface area contributed by atoms with Crippen molar-refractivity contribution < 1.29 is 87.5 Å². The molecular formula is C36H51N2O18P. The molecule has 0 bridgehead atoms. The van der Waals surface area contributed by atoms with Gasteiger partial charge in [-0.15, -0.1) is 0 Å². The maximum absolute atomic E-state index is 12.9. The van der Waals surface area contributed by atoms with Crippen LogP contribution in [0.1, 0.15) is 37.3 Å². The molecule has 1 aliphatic carbocycles. The second-order valence-corrected chi connectivity index (χ2v) is 15.2. The monoisotopic (exact) mass is 830 g/mol. The fraction of sp³-hybridized carbons (Fsp3) is 0.611. The summed E-state index contributed by atoms with van der Waals surface area (Å²) >= 11 is 0. The summed E-state index contributed by atoms with van der Waals surface area (Å²) in [5.41, 5.74) is 4.02. The van der Waals surface area contributed by atoms with Gasteiger partial charge in [0.25, 0.3) is 0 Å². The number of aliphatic hydroxyl groups excluding tert-OH is 7. The van der Waals surface area contributed by atoms with Crippen molar-refractivity contribution in [3.8, 4) is 11.1 Å². The van der Waals surface area contributed by atoms with Crippen molar-refractivity contribution >= 4 is 19.8 Å². The highest BCUT2D eigenvalue weighted by Gasteiger charge is 2.51. The maximum Gasteiger partial charge on any atom is 0.472 e. The van der Waals surface area contributed by atoms with E-state index >= 15 is 0 Å². The Morgan fingerprint density at radius 1 is 0.825 bits per heavy atom. The second kappa shape index (κ2) is 20.2. The lowest BCUT2D eigenvalue weighted by atomic mass is 9.97. The number of hydrogen-bond donors (Lipinski definition) is 10. The van der Waals surface area contributed by atoms with E-state index in [1.807, 2.05) is 48.5 Å². The van der Waals surface area contributed by atoms with Crippen molar-refractivity contribution in [1.29, 1.82) is 0 Å². The average molecular weight is 831 g/mol. The first-order valence-electron chi connectivity index (χ1n) is 18.5. The normalized spacial score (nSPS) is 30.7. The van der Waals surface area contributed by atoms with E-state index in [1.54, 1.807) is 6.92 Å². The molecule has 20 nitrogen and oxygen atoms in total. The Morgan fingerprint density at radius 2 is 1.44 bits per heavy atom. The largest absolute Gasteiger partial charge is 0.472 e. The highest BCUT2D eigenvalue weighted by Crippen LogP contribution is 2.45. The van der Waals surface area contributed by atoms with Crippen molar-refractivity contribution in [2.24, 2.45) is 0 Å². The van der Waals surface area contributed by atoms with Gasteiger partial charge in [0.2, 0.25) is 5.91 Å². The number of fused-ring (bicyclic) bond motifs is 3. The molecule has 10 N–H and O–H groups in total. The maximum atomic E-state index is 12.9. The zero-order valence-corrected chi connectivity index (χ0v) is 32.1. The molecular weight excluding hydrogens is 779 g/mol. The van der Waals surface area contributed by atoms with E-state index in [0.717, 1.165) is 22.3 Å². The fourth-order valence-corrected chi connectivity index (χ4v) is 7.45. The van der Waals surface area contributed by atoms with Gasteiger partial charge in [0.1, 0.15) is 61.5 Å². The predicted octanol–water partition coefficient (Wildman–Crippen LogP) is -1.42. The third-order valence-electron chi connectivity index (χ3n) is 9.71. The van der Waals surface area contributed by atoms with Crippen LogP contribution >= 0.6 is 7.82 Å². The van der Waals surface area contributed by atoms with Crippen LogP contribution in [0.2, 0.25) is 0 Å². The van der Waals surface area contributed by atoms with E-state index < -0.39 is 113 Å². The highest BCUT2D eigenvalue weighted by atomic mass is 31.2. The molecule has 2 fully saturated rings. The van der Waals surface area contributed by atoms with Gasteiger partial charge >= 0.3 is 13.9 Å². The van der Waals surface area contributed by atoms with Gasteiger partial charge in [-0.3, -0.25) is 13.8 Å². The number of carbonyl (C=O) groups is 2. The summed E-state index contributed by atoms with van der Waals surface area (Å²) in [6.07, 6.45) is -18.5. The first-order valence-corrected chi connectivity index (χ1v) is 19.9. The Morgan fingerprint density at radius 3 is 2.05 bits per heavy atom. The van der Waals surface area contributed by atoms with E-state index in [9.17, 15) is 54.8 Å². The standard InChI is InChI=1S/C36H51N2O18P/c1-3-13-50-35-32(30(44)27(41)24(15-39)54-35)56-34-31(45)29(43)28(42)25(55-34)17-53-57(48,49)52-14-12-37-33(46)26(18(2)40)38-36(47)51-16-23-21-10-6-4-8-19(21)20-9-5-7-11-22(20)23/h4-11,18,23-32,34-35,39-45H,3,12-17H2,1-2H3,(H,37,46)(H,38,47)(H,48,49)/t18-,24-,25-,26+,27-,28-,29+,30+,31+,32+,34-,35+/m1/s1. The molecule has 5 rings (SSSR count). The molecule has 13 atom stereocenters. The predicted molar refractivity (Wildman–Crippen MR) is 194 cm³/mol. The van der Waals surface area contributed by atoms with Crippen LogP contribution in [0.25, 0.3) is 11.1 Å². The lowest BCUT2D eigenvalue weighted by molar-refractivity contribution is -0.367. The van der Waals surface area contributed by atoms with E-state index in [-0.39, 0.29) is 25.7 Å². The van der Waals surface area contributed by atoms with Crippen molar-refractivity contribution in [2.45, 2.75) is 99.7 Å². The molecule has 0 saturated carbocycles. The molecule has 318 valence electrons. The van der Waals surface area contributed by atoms with Gasteiger partial charge in [-0.05, 0) is 35.6 Å². The first kappa shape index (κ1) is 44.9. The molecule has 3 aliphatic rings. The Hall–Kier alpha value is -3.15. The quantitative estimate of drug-likeness (QED) is 0.0609. The number of nitrogens with one attached hydrogen (secondary N) is 2. The van der Waals surface area contributed by atoms with E-state index in [0.29, 0.717) is 6.42 Å². The van der Waals surface area contributed by atoms with Gasteiger partial charge in [-0.2, -0.15) is 0 Å². The summed E-state index contributed by atoms with van der Waals surface area (Å²) < 4.78 is 50.1. The zero-order valence-electron chi connectivity index (χ0n) is 31.2. The van der Waals surface area contributed by atoms with Gasteiger partial charge in [0.05, 0.1) is 25.9 Å². The lowest BCUT2D eigenvalue weighted by Crippen LogP contribution is -2.64. The van der Waals surface area contributed by atoms with Crippen molar-refractivity contribution in [3.63, 3.8) is 0 Å². The van der Waals surface area contributed by atoms with Crippen molar-refractivity contribution in [1.82, 2.24) is 10.6 Å². The van der Waals surface area contributed by atoms with Gasteiger partial charge in [0, 0.05) is 19.1 Å². The van der Waals surface area contributed by atoms with Crippen LogP contribution in [-0.2, 0) is 42.1 Å². The van der Waals surface area contributed by atoms with Crippen LogP contribution in [-0.4, -0.2) is 166 Å². The lowest BCUT2D eigenvalue weighted by Gasteiger charge is -2.46. The number of rotatable bonds is 18. The first-order chi connectivity index (χ1) is 27.2. The molecule has 0 radical (unpaired) electrons. The van der Waals surface area contributed by atoms with Crippen LogP contribution in [0, 0.1) is 0 Å². The Kier molecular flexibility index (Phi) is 15.9. The molecule has 21 heteroatoms. The molecule has 57 heavy (non-hydrogen) atoms. The summed E-state index contributed by atoms with van der Waals surface area (Å²) in [5, 5.41) is 77.1. The number of aliphatic hydroxyl groups is 7. The smallest absolute Gasteiger partial charge is 0.449 e. The minimum absolute atomic E-state index is 0.0349. The topological polar surface area (TPSA) is 302 Å². The van der Waals surface area contributed by atoms with Crippen LogP contribution in [0.15, 0.2) is 48.5 Å². The minimum Gasteiger partial charge on any atom is -0.449 e. The fourth-order valence-electron chi connectivity index (χ4n) is 6.71. The third-order valence-corrected chi connectivity index (χ3v) is 10.7. The molecule has 0 spiro atoms. The van der Waals surface area contributed by atoms with E-state index in [4.69, 9.17) is 32.7 Å². The molecule has 2 aromatic rings. The summed E-state index contributed by atoms with van der Waals surface area (Å²) in [6, 6.07) is 14.0. The third kappa shape index (κ3) is 10.9. The van der Waals surface area contributed by atoms with Crippen LogP contribution in [0.4, 0.5) is 4.79 Å². The number of benzene rings is 2. The van der Waals surface area contributed by atoms with Gasteiger partial charge < -0.3 is 75.0 Å². The number of ether oxygens (including phenoxy) is 5. The summed E-state index contributed by atoms with van der Waals surface area (Å²) in [4.78, 5) is 35.9. The summed E-state index contributed by atoms with van der Waals surface area (Å²) in [5.74, 6) is -1.10. The Labute approximate surface area is 327 Å². The molecule has 0 aromatic heterocycles. The van der Waals surface area contributed by atoms with Crippen LogP contribution < -0.4 is 10.6 Å². The molecule has 2 saturated heterocycles. The number of carbonyl (C=O) groups excluding carboxylic acids is 2. The minimum atomic E-state index is -4.92. The summed E-state index contributed by atoms with van der Waals surface area (Å²) in [7, 11) is -4.92. The number of phosphoric acid groups is 1. The number of phosphoric ester groups is 1. The SMILES string of the molecule is CCCO[C@H]1O[C@H](CO)[C@@H](O)[C@H](O)[C@@H]1O[C@H]1O[C@H](COP(=O)(O)OCCNC(=O)[C@@H](NC(=O)OCC2c3ccccc3-c3ccccc32)[C@@H](C)O)[C@@H](O)[C@H](O)[C@@H]1O. The molecule has 2 aliphatic heterocycles. The second-order valence-electron chi connectivity index (χ2n) is 13.8. The van der Waals surface area contributed by atoms with Crippen molar-refractivity contribution in [3.05, 3.63) is 59.7 Å². The van der Waals surface area contributed by atoms with E-state index in [1.165, 1.54) is 6.92 Å². The van der Waals surface area contributed by atoms with Crippen LogP contribution in [0.5, 0.6) is 0 Å². The zero-order chi connectivity index (χ0) is 41.4. The van der Waals surface area contributed by atoms with Gasteiger partial charge in [-0.25, -0.2) is 9.36 Å². The molecule has 1 unspecified atom stereocenters. The Balaban J connectivity index is 1.08. The van der Waals surface area contributed by atoms with E-state index in [2.05, 4.69) is 10.6 Å². The molecule has 2 aromatic carbocycles. The van der Waals surface area contributed by atoms with Crippen LogP contribution in [0.3, 0.4) is 0 Å². The van der Waals surface area contributed by atoms with Gasteiger partial charge in [-0.1, -0.05) is 55.5 Å². The average Bonchev–Trinajstić information content (AvgIpc) is 3.51. The van der Waals surface area contributed by atoms with Gasteiger partial charge in [0.15, 0.2) is 12.6 Å². The number of hydrogen-bond acceptors (Lipinski definition) is 17. The highest BCUT2D eigenvalue weighted by molar-refractivity contribution is 7.47.